The number of aldehydes is 1. The van der Waals surface area contributed by atoms with Crippen molar-refractivity contribution >= 4 is 6.29 Å². The Morgan fingerprint density at radius 1 is 1.14 bits per heavy atom. The maximum atomic E-state index is 10.6. The standard InChI is InChI=1S/C18H17N3O/c1-21-13-17(18(20-21)15-7-9-19-10-8-15)16-6-2-4-14(12-16)5-3-11-22/h2,4,6-13H,3,5H2,1H3. The van der Waals surface area contributed by atoms with Crippen molar-refractivity contribution in [2.45, 2.75) is 12.8 Å². The molecule has 0 aliphatic heterocycles. The van der Waals surface area contributed by atoms with Gasteiger partial charge in [0.25, 0.3) is 0 Å². The normalized spacial score (nSPS) is 10.6. The van der Waals surface area contributed by atoms with Gasteiger partial charge in [0.05, 0.1) is 0 Å². The highest BCUT2D eigenvalue weighted by Gasteiger charge is 2.12. The second-order valence-corrected chi connectivity index (χ2v) is 5.21. The van der Waals surface area contributed by atoms with Crippen molar-refractivity contribution in [3.8, 4) is 22.4 Å². The maximum absolute atomic E-state index is 10.6. The first-order valence-corrected chi connectivity index (χ1v) is 7.25. The van der Waals surface area contributed by atoms with Crippen LogP contribution >= 0.6 is 0 Å². The molecule has 3 aromatic rings. The van der Waals surface area contributed by atoms with E-state index in [1.165, 1.54) is 0 Å². The highest BCUT2D eigenvalue weighted by Crippen LogP contribution is 2.31. The van der Waals surface area contributed by atoms with Crippen molar-refractivity contribution in [2.24, 2.45) is 7.05 Å². The van der Waals surface area contributed by atoms with Crippen molar-refractivity contribution in [2.75, 3.05) is 0 Å². The number of rotatable bonds is 5. The third-order valence-corrected chi connectivity index (χ3v) is 3.57. The molecule has 0 spiro atoms. The summed E-state index contributed by atoms with van der Waals surface area (Å²) in [6.07, 6.45) is 7.84. The lowest BCUT2D eigenvalue weighted by atomic mass is 9.99. The van der Waals surface area contributed by atoms with Crippen LogP contribution in [0.5, 0.6) is 0 Å². The molecule has 2 heterocycles. The largest absolute Gasteiger partial charge is 0.303 e. The molecular weight excluding hydrogens is 274 g/mol. The summed E-state index contributed by atoms with van der Waals surface area (Å²) < 4.78 is 1.82. The Bertz CT molecular complexity index is 778. The Kier molecular flexibility index (Phi) is 4.10. The minimum Gasteiger partial charge on any atom is -0.303 e. The number of carbonyl (C=O) groups excluding carboxylic acids is 1. The molecule has 0 atom stereocenters. The quantitative estimate of drug-likeness (QED) is 0.678. The molecule has 0 unspecified atom stereocenters. The lowest BCUT2D eigenvalue weighted by Crippen LogP contribution is -1.88. The highest BCUT2D eigenvalue weighted by atomic mass is 16.1. The number of aryl methyl sites for hydroxylation is 2. The van der Waals surface area contributed by atoms with E-state index in [0.29, 0.717) is 6.42 Å². The summed E-state index contributed by atoms with van der Waals surface area (Å²) in [5.41, 5.74) is 5.35. The Morgan fingerprint density at radius 3 is 2.73 bits per heavy atom. The van der Waals surface area contributed by atoms with Gasteiger partial charge in [0.1, 0.15) is 12.0 Å². The number of nitrogens with zero attached hydrogens (tertiary/aromatic N) is 3. The molecular formula is C18H17N3O. The van der Waals surface area contributed by atoms with Gasteiger partial charge in [-0.1, -0.05) is 24.3 Å². The van der Waals surface area contributed by atoms with E-state index in [2.05, 4.69) is 28.3 Å². The summed E-state index contributed by atoms with van der Waals surface area (Å²) >= 11 is 0. The predicted octanol–water partition coefficient (Wildman–Crippen LogP) is 3.28. The van der Waals surface area contributed by atoms with Crippen LogP contribution in [0.3, 0.4) is 0 Å². The topological polar surface area (TPSA) is 47.8 Å². The van der Waals surface area contributed by atoms with Crippen LogP contribution in [0.15, 0.2) is 55.0 Å². The van der Waals surface area contributed by atoms with E-state index in [-0.39, 0.29) is 0 Å². The molecule has 4 heteroatoms. The lowest BCUT2D eigenvalue weighted by Gasteiger charge is -2.05. The van der Waals surface area contributed by atoms with E-state index in [4.69, 9.17) is 0 Å². The zero-order chi connectivity index (χ0) is 15.4. The number of pyridine rings is 1. The molecule has 0 saturated carbocycles. The first-order valence-electron chi connectivity index (χ1n) is 7.25. The van der Waals surface area contributed by atoms with Crippen LogP contribution in [0.25, 0.3) is 22.4 Å². The summed E-state index contributed by atoms with van der Waals surface area (Å²) in [7, 11) is 1.92. The van der Waals surface area contributed by atoms with E-state index in [1.807, 2.05) is 36.1 Å². The van der Waals surface area contributed by atoms with Gasteiger partial charge in [-0.25, -0.2) is 0 Å². The smallest absolute Gasteiger partial charge is 0.120 e. The second kappa shape index (κ2) is 6.35. The Hall–Kier alpha value is -2.75. The highest BCUT2D eigenvalue weighted by molar-refractivity contribution is 5.80. The number of aromatic nitrogens is 3. The summed E-state index contributed by atoms with van der Waals surface area (Å²) in [5, 5.41) is 4.58. The molecule has 0 N–H and O–H groups in total. The van der Waals surface area contributed by atoms with Gasteiger partial charge in [0.15, 0.2) is 0 Å². The summed E-state index contributed by atoms with van der Waals surface area (Å²) in [5.74, 6) is 0. The fraction of sp³-hybridized carbons (Fsp3) is 0.167. The van der Waals surface area contributed by atoms with Crippen LogP contribution in [0, 0.1) is 0 Å². The molecule has 0 amide bonds. The third kappa shape index (κ3) is 2.96. The summed E-state index contributed by atoms with van der Waals surface area (Å²) in [4.78, 5) is 14.6. The Morgan fingerprint density at radius 2 is 1.95 bits per heavy atom. The van der Waals surface area contributed by atoms with Gasteiger partial charge in [-0.15, -0.1) is 0 Å². The maximum Gasteiger partial charge on any atom is 0.120 e. The van der Waals surface area contributed by atoms with Gasteiger partial charge in [-0.05, 0) is 29.7 Å². The van der Waals surface area contributed by atoms with Crippen molar-refractivity contribution in [3.63, 3.8) is 0 Å². The fourth-order valence-electron chi connectivity index (χ4n) is 2.54. The zero-order valence-electron chi connectivity index (χ0n) is 12.4. The molecule has 1 aromatic carbocycles. The van der Waals surface area contributed by atoms with Crippen LogP contribution < -0.4 is 0 Å². The molecule has 0 bridgehead atoms. The van der Waals surface area contributed by atoms with Crippen LogP contribution in [-0.2, 0) is 18.3 Å². The fourth-order valence-corrected chi connectivity index (χ4v) is 2.54. The van der Waals surface area contributed by atoms with Crippen molar-refractivity contribution in [3.05, 3.63) is 60.6 Å². The monoisotopic (exact) mass is 291 g/mol. The lowest BCUT2D eigenvalue weighted by molar-refractivity contribution is -0.107. The molecule has 110 valence electrons. The van der Waals surface area contributed by atoms with Crippen molar-refractivity contribution < 1.29 is 4.79 Å². The summed E-state index contributed by atoms with van der Waals surface area (Å²) in [6.45, 7) is 0. The SMILES string of the molecule is Cn1cc(-c2cccc(CCC=O)c2)c(-c2ccncc2)n1. The molecule has 0 radical (unpaired) electrons. The van der Waals surface area contributed by atoms with Crippen molar-refractivity contribution in [1.29, 1.82) is 0 Å². The van der Waals surface area contributed by atoms with Gasteiger partial charge < -0.3 is 4.79 Å². The number of hydrogen-bond donors (Lipinski definition) is 0. The van der Waals surface area contributed by atoms with Gasteiger partial charge in [0.2, 0.25) is 0 Å². The van der Waals surface area contributed by atoms with Crippen LogP contribution in [0.2, 0.25) is 0 Å². The van der Waals surface area contributed by atoms with Gasteiger partial charge in [-0.2, -0.15) is 5.10 Å². The van der Waals surface area contributed by atoms with E-state index in [0.717, 1.165) is 40.7 Å². The predicted molar refractivity (Wildman–Crippen MR) is 86.3 cm³/mol. The minimum absolute atomic E-state index is 0.549. The molecule has 4 nitrogen and oxygen atoms in total. The summed E-state index contributed by atoms with van der Waals surface area (Å²) in [6, 6.07) is 12.2. The molecule has 3 rings (SSSR count). The molecule has 22 heavy (non-hydrogen) atoms. The number of hydrogen-bond acceptors (Lipinski definition) is 3. The van der Waals surface area contributed by atoms with Crippen LogP contribution in [0.1, 0.15) is 12.0 Å². The number of carbonyl (C=O) groups is 1. The van der Waals surface area contributed by atoms with Gasteiger partial charge in [-0.3, -0.25) is 9.67 Å². The first kappa shape index (κ1) is 14.2. The first-order chi connectivity index (χ1) is 10.8. The van der Waals surface area contributed by atoms with E-state index < -0.39 is 0 Å². The average Bonchev–Trinajstić information content (AvgIpc) is 2.96. The Labute approximate surface area is 129 Å². The van der Waals surface area contributed by atoms with Crippen LogP contribution in [0.4, 0.5) is 0 Å². The van der Waals surface area contributed by atoms with Gasteiger partial charge in [0, 0.05) is 43.2 Å². The van der Waals surface area contributed by atoms with Crippen LogP contribution in [-0.4, -0.2) is 21.1 Å². The minimum atomic E-state index is 0.549. The average molecular weight is 291 g/mol. The van der Waals surface area contributed by atoms with E-state index in [1.54, 1.807) is 12.4 Å². The molecule has 0 aliphatic rings. The molecule has 0 fully saturated rings. The van der Waals surface area contributed by atoms with E-state index >= 15 is 0 Å². The van der Waals surface area contributed by atoms with Gasteiger partial charge >= 0.3 is 0 Å². The van der Waals surface area contributed by atoms with Crippen molar-refractivity contribution in [1.82, 2.24) is 14.8 Å². The Balaban J connectivity index is 2.04. The molecule has 0 saturated heterocycles. The second-order valence-electron chi connectivity index (χ2n) is 5.21. The zero-order valence-corrected chi connectivity index (χ0v) is 12.4. The molecule has 2 aromatic heterocycles. The molecule has 0 aliphatic carbocycles. The van der Waals surface area contributed by atoms with E-state index in [9.17, 15) is 4.79 Å². The number of benzene rings is 1. The third-order valence-electron chi connectivity index (χ3n) is 3.57.